The summed E-state index contributed by atoms with van der Waals surface area (Å²) < 4.78 is 3.37. The summed E-state index contributed by atoms with van der Waals surface area (Å²) in [4.78, 5) is 11.5. The Labute approximate surface area is 90.9 Å². The van der Waals surface area contributed by atoms with Gasteiger partial charge in [-0.25, -0.2) is 4.79 Å². The molecule has 1 rings (SSSR count). The lowest BCUT2D eigenvalue weighted by Gasteiger charge is -2.11. The van der Waals surface area contributed by atoms with E-state index in [1.165, 1.54) is 0 Å². The Hall–Kier alpha value is -1.03. The predicted octanol–water partition coefficient (Wildman–Crippen LogP) is 0.965. The van der Waals surface area contributed by atoms with Crippen LogP contribution >= 0.6 is 0 Å². The van der Waals surface area contributed by atoms with Gasteiger partial charge in [0.25, 0.3) is 0 Å². The molecule has 4 heteroatoms. The summed E-state index contributed by atoms with van der Waals surface area (Å²) in [6.45, 7) is 6.11. The van der Waals surface area contributed by atoms with Gasteiger partial charge < -0.3 is 9.88 Å². The van der Waals surface area contributed by atoms with Crippen molar-refractivity contribution < 1.29 is 0 Å². The molecule has 0 spiro atoms. The fourth-order valence-corrected chi connectivity index (χ4v) is 1.70. The van der Waals surface area contributed by atoms with Crippen molar-refractivity contribution in [2.75, 3.05) is 6.54 Å². The van der Waals surface area contributed by atoms with Crippen LogP contribution in [0.4, 0.5) is 0 Å². The zero-order chi connectivity index (χ0) is 11.3. The molecule has 1 aromatic heterocycles. The minimum Gasteiger partial charge on any atom is -0.315 e. The molecule has 86 valence electrons. The Morgan fingerprint density at radius 2 is 2.20 bits per heavy atom. The topological polar surface area (TPSA) is 39.0 Å². The first kappa shape index (κ1) is 12.0. The quantitative estimate of drug-likeness (QED) is 0.761. The van der Waals surface area contributed by atoms with Crippen LogP contribution < -0.4 is 11.0 Å². The van der Waals surface area contributed by atoms with E-state index in [4.69, 9.17) is 0 Å². The molecular weight excluding hydrogens is 190 g/mol. The first-order chi connectivity index (χ1) is 7.15. The van der Waals surface area contributed by atoms with Crippen LogP contribution in [0.5, 0.6) is 0 Å². The predicted molar refractivity (Wildman–Crippen MR) is 62.0 cm³/mol. The third kappa shape index (κ3) is 3.55. The maximum Gasteiger partial charge on any atom is 0.327 e. The number of aromatic nitrogens is 2. The molecule has 1 aromatic rings. The molecule has 4 nitrogen and oxygen atoms in total. The van der Waals surface area contributed by atoms with Crippen LogP contribution in [0.3, 0.4) is 0 Å². The van der Waals surface area contributed by atoms with Crippen molar-refractivity contribution in [2.24, 2.45) is 7.05 Å². The van der Waals surface area contributed by atoms with Crippen LogP contribution in [0.15, 0.2) is 17.2 Å². The van der Waals surface area contributed by atoms with Crippen LogP contribution in [0, 0.1) is 0 Å². The van der Waals surface area contributed by atoms with Gasteiger partial charge in [-0.3, -0.25) is 4.57 Å². The minimum atomic E-state index is 0.0751. The van der Waals surface area contributed by atoms with Crippen LogP contribution in [-0.2, 0) is 13.6 Å². The van der Waals surface area contributed by atoms with E-state index >= 15 is 0 Å². The van der Waals surface area contributed by atoms with Gasteiger partial charge in [-0.2, -0.15) is 0 Å². The molecule has 0 aromatic carbocycles. The summed E-state index contributed by atoms with van der Waals surface area (Å²) in [7, 11) is 1.78. The number of hydrogen-bond acceptors (Lipinski definition) is 2. The second-order valence-corrected chi connectivity index (χ2v) is 3.99. The molecule has 1 atom stereocenters. The average molecular weight is 211 g/mol. The summed E-state index contributed by atoms with van der Waals surface area (Å²) in [6.07, 6.45) is 5.80. The Bertz CT molecular complexity index is 340. The molecule has 0 saturated heterocycles. The van der Waals surface area contributed by atoms with Crippen molar-refractivity contribution in [3.05, 3.63) is 22.9 Å². The van der Waals surface area contributed by atoms with Gasteiger partial charge in [0.1, 0.15) is 0 Å². The summed E-state index contributed by atoms with van der Waals surface area (Å²) in [5, 5.41) is 3.36. The lowest BCUT2D eigenvalue weighted by molar-refractivity contribution is 0.481. The Morgan fingerprint density at radius 3 is 2.73 bits per heavy atom. The van der Waals surface area contributed by atoms with Gasteiger partial charge in [0.15, 0.2) is 0 Å². The molecule has 0 bridgehead atoms. The highest BCUT2D eigenvalue weighted by Gasteiger charge is 2.02. The fourth-order valence-electron chi connectivity index (χ4n) is 1.70. The molecule has 0 fully saturated rings. The van der Waals surface area contributed by atoms with Gasteiger partial charge in [0, 0.05) is 32.0 Å². The van der Waals surface area contributed by atoms with Gasteiger partial charge in [-0.1, -0.05) is 6.92 Å². The van der Waals surface area contributed by atoms with E-state index in [1.54, 1.807) is 22.4 Å². The highest BCUT2D eigenvalue weighted by molar-refractivity contribution is 4.79. The van der Waals surface area contributed by atoms with Crippen molar-refractivity contribution in [1.29, 1.82) is 0 Å². The summed E-state index contributed by atoms with van der Waals surface area (Å²) in [5.74, 6) is 0. The highest BCUT2D eigenvalue weighted by atomic mass is 16.1. The van der Waals surface area contributed by atoms with Crippen molar-refractivity contribution in [3.63, 3.8) is 0 Å². The first-order valence-electron chi connectivity index (χ1n) is 5.60. The molecule has 1 heterocycles. The lowest BCUT2D eigenvalue weighted by Crippen LogP contribution is -2.27. The molecule has 1 N–H and O–H groups in total. The number of aryl methyl sites for hydroxylation is 2. The number of nitrogens with one attached hydrogen (secondary N) is 1. The Balaban J connectivity index is 2.32. The summed E-state index contributed by atoms with van der Waals surface area (Å²) in [6, 6.07) is 0.536. The molecule has 0 aliphatic rings. The number of imidazole rings is 1. The Kier molecular flexibility index (Phi) is 4.62. The van der Waals surface area contributed by atoms with Crippen molar-refractivity contribution >= 4 is 0 Å². The fraction of sp³-hybridized carbons (Fsp3) is 0.727. The second-order valence-electron chi connectivity index (χ2n) is 3.99. The van der Waals surface area contributed by atoms with E-state index in [2.05, 4.69) is 19.2 Å². The summed E-state index contributed by atoms with van der Waals surface area (Å²) in [5.41, 5.74) is 0.0751. The van der Waals surface area contributed by atoms with E-state index in [-0.39, 0.29) is 5.69 Å². The third-order valence-electron chi connectivity index (χ3n) is 2.61. The number of rotatable bonds is 6. The van der Waals surface area contributed by atoms with Gasteiger partial charge in [-0.15, -0.1) is 0 Å². The van der Waals surface area contributed by atoms with Gasteiger partial charge in [0.05, 0.1) is 0 Å². The highest BCUT2D eigenvalue weighted by Crippen LogP contribution is 1.98. The molecule has 0 saturated carbocycles. The summed E-state index contributed by atoms with van der Waals surface area (Å²) >= 11 is 0. The molecule has 1 unspecified atom stereocenters. The maximum absolute atomic E-state index is 11.5. The minimum absolute atomic E-state index is 0.0751. The van der Waals surface area contributed by atoms with Crippen LogP contribution in [0.1, 0.15) is 26.7 Å². The first-order valence-corrected chi connectivity index (χ1v) is 5.60. The van der Waals surface area contributed by atoms with Crippen LogP contribution in [0.25, 0.3) is 0 Å². The average Bonchev–Trinajstić information content (AvgIpc) is 2.50. The zero-order valence-corrected chi connectivity index (χ0v) is 9.86. The van der Waals surface area contributed by atoms with E-state index < -0.39 is 0 Å². The van der Waals surface area contributed by atoms with Crippen LogP contribution in [-0.4, -0.2) is 21.7 Å². The van der Waals surface area contributed by atoms with Crippen molar-refractivity contribution in [3.8, 4) is 0 Å². The van der Waals surface area contributed by atoms with Gasteiger partial charge >= 0.3 is 5.69 Å². The van der Waals surface area contributed by atoms with Gasteiger partial charge in [0.2, 0.25) is 0 Å². The second kappa shape index (κ2) is 5.75. The van der Waals surface area contributed by atoms with E-state index in [0.29, 0.717) is 6.04 Å². The zero-order valence-electron chi connectivity index (χ0n) is 9.86. The largest absolute Gasteiger partial charge is 0.327 e. The van der Waals surface area contributed by atoms with E-state index in [9.17, 15) is 4.79 Å². The number of nitrogens with zero attached hydrogens (tertiary/aromatic N) is 2. The normalized spacial score (nSPS) is 13.0. The van der Waals surface area contributed by atoms with Crippen molar-refractivity contribution in [2.45, 2.75) is 39.3 Å². The van der Waals surface area contributed by atoms with Gasteiger partial charge in [-0.05, 0) is 26.3 Å². The van der Waals surface area contributed by atoms with E-state index in [0.717, 1.165) is 25.9 Å². The Morgan fingerprint density at radius 1 is 1.47 bits per heavy atom. The monoisotopic (exact) mass is 211 g/mol. The van der Waals surface area contributed by atoms with E-state index in [1.807, 2.05) is 6.20 Å². The van der Waals surface area contributed by atoms with Crippen molar-refractivity contribution in [1.82, 2.24) is 14.5 Å². The lowest BCUT2D eigenvalue weighted by atomic mass is 10.2. The third-order valence-corrected chi connectivity index (χ3v) is 2.61. The number of hydrogen-bond donors (Lipinski definition) is 1. The molecule has 0 aliphatic carbocycles. The molecule has 15 heavy (non-hydrogen) atoms. The molecule has 0 radical (unpaired) electrons. The molecular formula is C11H21N3O. The maximum atomic E-state index is 11.5. The standard InChI is InChI=1S/C11H21N3O/c1-4-12-10(2)6-5-7-14-9-8-13(3)11(14)15/h8-10,12H,4-7H2,1-3H3. The molecule has 0 amide bonds. The smallest absolute Gasteiger partial charge is 0.315 e. The molecule has 0 aliphatic heterocycles. The van der Waals surface area contributed by atoms with Crippen LogP contribution in [0.2, 0.25) is 0 Å². The SMILES string of the molecule is CCNC(C)CCCn1ccn(C)c1=O.